The number of anilines is 2. The van der Waals surface area contributed by atoms with Gasteiger partial charge in [0.1, 0.15) is 11.6 Å². The van der Waals surface area contributed by atoms with Crippen LogP contribution in [0.5, 0.6) is 0 Å². The third kappa shape index (κ3) is 2.98. The van der Waals surface area contributed by atoms with Gasteiger partial charge in [0.25, 0.3) is 0 Å². The number of hydrogen-bond acceptors (Lipinski definition) is 4. The van der Waals surface area contributed by atoms with Gasteiger partial charge < -0.3 is 11.1 Å². The molecule has 3 N–H and O–H groups in total. The van der Waals surface area contributed by atoms with Crippen LogP contribution in [0.1, 0.15) is 24.1 Å². The number of hydrogen-bond donors (Lipinski definition) is 2. The predicted molar refractivity (Wildman–Crippen MR) is 100 cm³/mol. The van der Waals surface area contributed by atoms with Crippen LogP contribution in [0.2, 0.25) is 0 Å². The average Bonchev–Trinajstić information content (AvgIpc) is 3.43. The molecule has 3 aromatic rings. The Bertz CT molecular complexity index is 1040. The molecular formula is C20H19FN4O. The van der Waals surface area contributed by atoms with Crippen molar-refractivity contribution in [3.8, 4) is 11.1 Å². The summed E-state index contributed by atoms with van der Waals surface area (Å²) in [5.74, 6) is 0.228. The summed E-state index contributed by atoms with van der Waals surface area (Å²) in [6, 6.07) is 6.82. The molecule has 2 aromatic heterocycles. The Labute approximate surface area is 150 Å². The van der Waals surface area contributed by atoms with Crippen LogP contribution in [0.25, 0.3) is 22.0 Å². The maximum Gasteiger partial charge on any atom is 0.228 e. The van der Waals surface area contributed by atoms with Crippen molar-refractivity contribution in [2.75, 3.05) is 11.1 Å². The molecule has 0 saturated heterocycles. The summed E-state index contributed by atoms with van der Waals surface area (Å²) in [6.45, 7) is 3.74. The smallest absolute Gasteiger partial charge is 0.228 e. The summed E-state index contributed by atoms with van der Waals surface area (Å²) in [6.07, 6.45) is 3.58. The molecule has 0 bridgehead atoms. The standard InChI is InChI=1S/C20H19FN4O/c1-10-5-16(21)17(22)7-14(10)15-6-13-9-23-19(8-18(13)24-11(15)2)25-20(26)12-3-4-12/h5-9,12H,3-4,22H2,1-2H3,(H,23,25,26). The van der Waals surface area contributed by atoms with E-state index in [9.17, 15) is 9.18 Å². The first-order chi connectivity index (χ1) is 12.4. The summed E-state index contributed by atoms with van der Waals surface area (Å²) in [5.41, 5.74) is 9.93. The summed E-state index contributed by atoms with van der Waals surface area (Å²) >= 11 is 0. The van der Waals surface area contributed by atoms with Crippen LogP contribution < -0.4 is 11.1 Å². The van der Waals surface area contributed by atoms with Crippen LogP contribution in [-0.4, -0.2) is 15.9 Å². The number of halogens is 1. The molecule has 6 heteroatoms. The van der Waals surface area contributed by atoms with Gasteiger partial charge in [-0.25, -0.2) is 9.37 Å². The Morgan fingerprint density at radius 1 is 1.19 bits per heavy atom. The molecule has 1 saturated carbocycles. The SMILES string of the molecule is Cc1cc(F)c(N)cc1-c1cc2cnc(NC(=O)C3CC3)cc2nc1C. The fourth-order valence-corrected chi connectivity index (χ4v) is 3.06. The first-order valence-electron chi connectivity index (χ1n) is 8.56. The first-order valence-corrected chi connectivity index (χ1v) is 8.56. The van der Waals surface area contributed by atoms with E-state index in [0.717, 1.165) is 46.1 Å². The van der Waals surface area contributed by atoms with E-state index in [2.05, 4.69) is 15.3 Å². The Kier molecular flexibility index (Phi) is 3.83. The van der Waals surface area contributed by atoms with Crippen molar-refractivity contribution in [3.63, 3.8) is 0 Å². The predicted octanol–water partition coefficient (Wildman–Crippen LogP) is 3.98. The summed E-state index contributed by atoms with van der Waals surface area (Å²) in [4.78, 5) is 20.9. The van der Waals surface area contributed by atoms with Crippen molar-refractivity contribution in [1.29, 1.82) is 0 Å². The van der Waals surface area contributed by atoms with E-state index in [-0.39, 0.29) is 17.5 Å². The van der Waals surface area contributed by atoms with Crippen molar-refractivity contribution in [2.24, 2.45) is 5.92 Å². The summed E-state index contributed by atoms with van der Waals surface area (Å²) < 4.78 is 13.7. The molecule has 26 heavy (non-hydrogen) atoms. The lowest BCUT2D eigenvalue weighted by Crippen LogP contribution is -2.14. The third-order valence-corrected chi connectivity index (χ3v) is 4.72. The number of benzene rings is 1. The minimum atomic E-state index is -0.421. The van der Waals surface area contributed by atoms with Crippen LogP contribution in [-0.2, 0) is 4.79 Å². The number of nitrogens with two attached hydrogens (primary N) is 1. The zero-order valence-corrected chi connectivity index (χ0v) is 14.6. The molecule has 1 aliphatic rings. The number of carbonyl (C=O) groups excluding carboxylic acids is 1. The second-order valence-electron chi connectivity index (χ2n) is 6.84. The van der Waals surface area contributed by atoms with Crippen LogP contribution in [0.3, 0.4) is 0 Å². The minimum absolute atomic E-state index is 0.0163. The van der Waals surface area contributed by atoms with Gasteiger partial charge in [0.2, 0.25) is 5.91 Å². The quantitative estimate of drug-likeness (QED) is 0.700. The van der Waals surface area contributed by atoms with Crippen molar-refractivity contribution in [2.45, 2.75) is 26.7 Å². The van der Waals surface area contributed by atoms with Gasteiger partial charge in [-0.15, -0.1) is 0 Å². The largest absolute Gasteiger partial charge is 0.396 e. The molecule has 1 amide bonds. The van der Waals surface area contributed by atoms with Gasteiger partial charge in [-0.1, -0.05) is 0 Å². The number of fused-ring (bicyclic) bond motifs is 1. The first kappa shape index (κ1) is 16.4. The fourth-order valence-electron chi connectivity index (χ4n) is 3.06. The van der Waals surface area contributed by atoms with E-state index in [0.29, 0.717) is 5.82 Å². The van der Waals surface area contributed by atoms with Gasteiger partial charge in [0, 0.05) is 34.8 Å². The second kappa shape index (κ2) is 6.05. The molecule has 4 rings (SSSR count). The van der Waals surface area contributed by atoms with Crippen LogP contribution in [0.4, 0.5) is 15.9 Å². The normalized spacial score (nSPS) is 13.8. The minimum Gasteiger partial charge on any atom is -0.396 e. The van der Waals surface area contributed by atoms with E-state index in [4.69, 9.17) is 5.73 Å². The van der Waals surface area contributed by atoms with Gasteiger partial charge in [-0.05, 0) is 56.0 Å². The number of amides is 1. The van der Waals surface area contributed by atoms with Gasteiger partial charge in [-0.2, -0.15) is 0 Å². The van der Waals surface area contributed by atoms with Crippen LogP contribution in [0.15, 0.2) is 30.5 Å². The van der Waals surface area contributed by atoms with Crippen molar-refractivity contribution >= 4 is 28.3 Å². The monoisotopic (exact) mass is 350 g/mol. The average molecular weight is 350 g/mol. The highest BCUT2D eigenvalue weighted by Gasteiger charge is 2.29. The highest BCUT2D eigenvalue weighted by molar-refractivity contribution is 5.95. The summed E-state index contributed by atoms with van der Waals surface area (Å²) in [7, 11) is 0. The number of aromatic nitrogens is 2. The lowest BCUT2D eigenvalue weighted by molar-refractivity contribution is -0.117. The van der Waals surface area contributed by atoms with Gasteiger partial charge >= 0.3 is 0 Å². The van der Waals surface area contributed by atoms with Gasteiger partial charge in [-0.3, -0.25) is 9.78 Å². The number of nitrogens with zero attached hydrogens (tertiary/aromatic N) is 2. The maximum absolute atomic E-state index is 13.7. The van der Waals surface area contributed by atoms with Gasteiger partial charge in [0.05, 0.1) is 11.2 Å². The molecule has 1 aromatic carbocycles. The van der Waals surface area contributed by atoms with Crippen molar-refractivity contribution in [1.82, 2.24) is 9.97 Å². The molecule has 5 nitrogen and oxygen atoms in total. The van der Waals surface area contributed by atoms with Gasteiger partial charge in [0.15, 0.2) is 0 Å². The molecule has 0 aliphatic heterocycles. The molecule has 0 unspecified atom stereocenters. The number of nitrogens with one attached hydrogen (secondary N) is 1. The molecule has 1 fully saturated rings. The number of rotatable bonds is 3. The number of aryl methyl sites for hydroxylation is 2. The Morgan fingerprint density at radius 2 is 1.96 bits per heavy atom. The Hall–Kier alpha value is -3.02. The molecule has 2 heterocycles. The van der Waals surface area contributed by atoms with E-state index in [1.807, 2.05) is 19.9 Å². The zero-order chi connectivity index (χ0) is 18.4. The highest BCUT2D eigenvalue weighted by Crippen LogP contribution is 2.32. The van der Waals surface area contributed by atoms with E-state index >= 15 is 0 Å². The number of nitrogen functional groups attached to an aromatic ring is 1. The van der Waals surface area contributed by atoms with E-state index in [1.54, 1.807) is 18.3 Å². The van der Waals surface area contributed by atoms with Crippen LogP contribution >= 0.6 is 0 Å². The van der Waals surface area contributed by atoms with Crippen molar-refractivity contribution < 1.29 is 9.18 Å². The van der Waals surface area contributed by atoms with Crippen molar-refractivity contribution in [3.05, 3.63) is 47.5 Å². The number of carbonyl (C=O) groups is 1. The highest BCUT2D eigenvalue weighted by atomic mass is 19.1. The molecule has 1 aliphatic carbocycles. The lowest BCUT2D eigenvalue weighted by atomic mass is 9.97. The molecule has 0 atom stereocenters. The summed E-state index contributed by atoms with van der Waals surface area (Å²) in [5, 5.41) is 3.68. The third-order valence-electron chi connectivity index (χ3n) is 4.72. The Morgan fingerprint density at radius 3 is 2.69 bits per heavy atom. The molecule has 132 valence electrons. The lowest BCUT2D eigenvalue weighted by Gasteiger charge is -2.12. The van der Waals surface area contributed by atoms with Crippen LogP contribution in [0, 0.1) is 25.6 Å². The van der Waals surface area contributed by atoms with E-state index < -0.39 is 5.82 Å². The fraction of sp³-hybridized carbons (Fsp3) is 0.250. The molecule has 0 spiro atoms. The van der Waals surface area contributed by atoms with E-state index in [1.165, 1.54) is 6.07 Å². The topological polar surface area (TPSA) is 80.9 Å². The number of pyridine rings is 2. The zero-order valence-electron chi connectivity index (χ0n) is 14.6. The maximum atomic E-state index is 13.7. The molecular weight excluding hydrogens is 331 g/mol. The second-order valence-corrected chi connectivity index (χ2v) is 6.84. The Balaban J connectivity index is 1.75. The molecule has 0 radical (unpaired) electrons.